The maximum atomic E-state index is 12.8. The van der Waals surface area contributed by atoms with Crippen LogP contribution >= 0.6 is 0 Å². The highest BCUT2D eigenvalue weighted by molar-refractivity contribution is 6.21. The fourth-order valence-electron chi connectivity index (χ4n) is 4.01. The first-order valence-electron chi connectivity index (χ1n) is 9.95. The largest absolute Gasteiger partial charge is 0.462 e. The summed E-state index contributed by atoms with van der Waals surface area (Å²) < 4.78 is 4.99. The van der Waals surface area contributed by atoms with Crippen LogP contribution in [0.4, 0.5) is 5.82 Å². The molecule has 1 aromatic carbocycles. The summed E-state index contributed by atoms with van der Waals surface area (Å²) in [5.74, 6) is 0.0103. The highest BCUT2D eigenvalue weighted by atomic mass is 16.5. The number of carbonyl (C=O) groups is 3. The Bertz CT molecular complexity index is 906. The van der Waals surface area contributed by atoms with Gasteiger partial charge in [-0.2, -0.15) is 0 Å². The number of fused-ring (bicyclic) bond motifs is 1. The molecule has 0 spiro atoms. The number of aromatic nitrogens is 1. The minimum atomic E-state index is -0.381. The second-order valence-corrected chi connectivity index (χ2v) is 7.22. The van der Waals surface area contributed by atoms with Gasteiger partial charge < -0.3 is 9.64 Å². The van der Waals surface area contributed by atoms with Crippen LogP contribution in [0.1, 0.15) is 57.3 Å². The molecule has 1 atom stereocenters. The van der Waals surface area contributed by atoms with E-state index in [-0.39, 0.29) is 23.8 Å². The highest BCUT2D eigenvalue weighted by Crippen LogP contribution is 2.29. The van der Waals surface area contributed by atoms with Crippen molar-refractivity contribution in [2.75, 3.05) is 24.6 Å². The van der Waals surface area contributed by atoms with Crippen molar-refractivity contribution in [1.29, 1.82) is 0 Å². The molecule has 3 heterocycles. The Morgan fingerprint density at radius 3 is 2.41 bits per heavy atom. The Balaban J connectivity index is 1.44. The second kappa shape index (κ2) is 8.03. The number of carbonyl (C=O) groups excluding carboxylic acids is 3. The summed E-state index contributed by atoms with van der Waals surface area (Å²) in [5, 5.41) is 0. The van der Waals surface area contributed by atoms with Gasteiger partial charge >= 0.3 is 5.97 Å². The summed E-state index contributed by atoms with van der Waals surface area (Å²) >= 11 is 0. The van der Waals surface area contributed by atoms with Crippen LogP contribution in [0.2, 0.25) is 0 Å². The lowest BCUT2D eigenvalue weighted by Gasteiger charge is -2.25. The van der Waals surface area contributed by atoms with E-state index in [0.717, 1.165) is 25.2 Å². The molecule has 2 amide bonds. The topological polar surface area (TPSA) is 79.8 Å². The quantitative estimate of drug-likeness (QED) is 0.587. The van der Waals surface area contributed by atoms with E-state index in [0.29, 0.717) is 36.3 Å². The summed E-state index contributed by atoms with van der Waals surface area (Å²) in [5.41, 5.74) is 1.42. The van der Waals surface area contributed by atoms with Gasteiger partial charge in [0.2, 0.25) is 0 Å². The summed E-state index contributed by atoms with van der Waals surface area (Å²) in [6.45, 7) is 3.56. The van der Waals surface area contributed by atoms with Gasteiger partial charge in [-0.05, 0) is 50.5 Å². The van der Waals surface area contributed by atoms with E-state index in [4.69, 9.17) is 4.74 Å². The molecule has 2 aliphatic rings. The van der Waals surface area contributed by atoms with Crippen molar-refractivity contribution in [3.63, 3.8) is 0 Å². The van der Waals surface area contributed by atoms with Gasteiger partial charge in [0.25, 0.3) is 11.8 Å². The lowest BCUT2D eigenvalue weighted by Crippen LogP contribution is -2.40. The summed E-state index contributed by atoms with van der Waals surface area (Å²) in [6.07, 6.45) is 3.83. The maximum absolute atomic E-state index is 12.8. The summed E-state index contributed by atoms with van der Waals surface area (Å²) in [6, 6.07) is 10.4. The minimum absolute atomic E-state index is 0.119. The Hall–Kier alpha value is -3.22. The van der Waals surface area contributed by atoms with Crippen LogP contribution in [-0.4, -0.2) is 53.4 Å². The number of pyridine rings is 1. The second-order valence-electron chi connectivity index (χ2n) is 7.22. The first kappa shape index (κ1) is 19.1. The summed E-state index contributed by atoms with van der Waals surface area (Å²) in [7, 11) is 0. The van der Waals surface area contributed by atoms with E-state index in [9.17, 15) is 14.4 Å². The lowest BCUT2D eigenvalue weighted by atomic mass is 10.1. The molecule has 29 heavy (non-hydrogen) atoms. The molecule has 1 unspecified atom stereocenters. The van der Waals surface area contributed by atoms with Gasteiger partial charge in [0.1, 0.15) is 5.82 Å². The Kier molecular flexibility index (Phi) is 5.29. The van der Waals surface area contributed by atoms with Crippen LogP contribution in [0, 0.1) is 0 Å². The number of benzene rings is 1. The van der Waals surface area contributed by atoms with Crippen LogP contribution in [-0.2, 0) is 4.74 Å². The van der Waals surface area contributed by atoms with Gasteiger partial charge in [0.15, 0.2) is 0 Å². The third-order valence-corrected chi connectivity index (χ3v) is 5.47. The molecule has 1 fully saturated rings. The van der Waals surface area contributed by atoms with Gasteiger partial charge in [0, 0.05) is 25.3 Å². The molecule has 0 saturated carbocycles. The van der Waals surface area contributed by atoms with E-state index in [1.807, 2.05) is 6.07 Å². The Labute approximate surface area is 169 Å². The average Bonchev–Trinajstić information content (AvgIpc) is 2.90. The van der Waals surface area contributed by atoms with E-state index in [1.165, 1.54) is 11.1 Å². The smallest absolute Gasteiger partial charge is 0.339 e. The van der Waals surface area contributed by atoms with Crippen LogP contribution in [0.15, 0.2) is 42.6 Å². The first-order chi connectivity index (χ1) is 14.1. The van der Waals surface area contributed by atoms with Crippen LogP contribution in [0.3, 0.4) is 0 Å². The number of ether oxygens (including phenoxy) is 1. The standard InChI is InChI=1S/C22H23N3O4/c1-2-29-22(28)15-9-10-19(23-14-15)24-12-5-6-16(11-13-24)25-20(26)17-7-3-4-8-18(17)21(25)27/h3-4,7-10,14,16H,2,5-6,11-13H2,1H3. The monoisotopic (exact) mass is 393 g/mol. The molecular formula is C22H23N3O4. The molecule has 150 valence electrons. The predicted octanol–water partition coefficient (Wildman–Crippen LogP) is 2.91. The molecule has 0 radical (unpaired) electrons. The molecule has 0 N–H and O–H groups in total. The zero-order chi connectivity index (χ0) is 20.4. The molecule has 2 aliphatic heterocycles. The number of hydrogen-bond donors (Lipinski definition) is 0. The van der Waals surface area contributed by atoms with Crippen molar-refractivity contribution in [2.24, 2.45) is 0 Å². The average molecular weight is 393 g/mol. The predicted molar refractivity (Wildman–Crippen MR) is 107 cm³/mol. The molecule has 1 saturated heterocycles. The molecule has 1 aromatic heterocycles. The van der Waals surface area contributed by atoms with Crippen LogP contribution in [0.25, 0.3) is 0 Å². The Morgan fingerprint density at radius 2 is 1.79 bits per heavy atom. The van der Waals surface area contributed by atoms with E-state index in [2.05, 4.69) is 9.88 Å². The molecular weight excluding hydrogens is 370 g/mol. The zero-order valence-electron chi connectivity index (χ0n) is 16.3. The third-order valence-electron chi connectivity index (χ3n) is 5.47. The van der Waals surface area contributed by atoms with Gasteiger partial charge in [-0.25, -0.2) is 9.78 Å². The number of nitrogens with zero attached hydrogens (tertiary/aromatic N) is 3. The normalized spacial score (nSPS) is 19.1. The van der Waals surface area contributed by atoms with Crippen molar-refractivity contribution >= 4 is 23.6 Å². The molecule has 7 nitrogen and oxygen atoms in total. The summed E-state index contributed by atoms with van der Waals surface area (Å²) in [4.78, 5) is 45.3. The van der Waals surface area contributed by atoms with Crippen LogP contribution in [0.5, 0.6) is 0 Å². The van der Waals surface area contributed by atoms with E-state index < -0.39 is 0 Å². The lowest BCUT2D eigenvalue weighted by molar-refractivity contribution is 0.0523. The molecule has 0 aliphatic carbocycles. The van der Waals surface area contributed by atoms with E-state index >= 15 is 0 Å². The molecule has 0 bridgehead atoms. The molecule has 7 heteroatoms. The maximum Gasteiger partial charge on any atom is 0.339 e. The fourth-order valence-corrected chi connectivity index (χ4v) is 4.01. The van der Waals surface area contributed by atoms with Crippen LogP contribution < -0.4 is 4.90 Å². The fraction of sp³-hybridized carbons (Fsp3) is 0.364. The zero-order valence-corrected chi connectivity index (χ0v) is 16.3. The van der Waals surface area contributed by atoms with Crippen molar-refractivity contribution < 1.29 is 19.1 Å². The highest BCUT2D eigenvalue weighted by Gasteiger charge is 2.40. The molecule has 4 rings (SSSR count). The third kappa shape index (κ3) is 3.60. The SMILES string of the molecule is CCOC(=O)c1ccc(N2CCCC(N3C(=O)c4ccccc4C3=O)CC2)nc1. The van der Waals surface area contributed by atoms with Crippen molar-refractivity contribution in [3.8, 4) is 0 Å². The van der Waals surface area contributed by atoms with Gasteiger partial charge in [-0.15, -0.1) is 0 Å². The first-order valence-corrected chi connectivity index (χ1v) is 9.95. The van der Waals surface area contributed by atoms with Crippen molar-refractivity contribution in [1.82, 2.24) is 9.88 Å². The van der Waals surface area contributed by atoms with E-state index in [1.54, 1.807) is 37.3 Å². The minimum Gasteiger partial charge on any atom is -0.462 e. The van der Waals surface area contributed by atoms with Crippen molar-refractivity contribution in [3.05, 3.63) is 59.3 Å². The number of amides is 2. The number of rotatable bonds is 4. The van der Waals surface area contributed by atoms with Gasteiger partial charge in [-0.1, -0.05) is 12.1 Å². The van der Waals surface area contributed by atoms with Gasteiger partial charge in [-0.3, -0.25) is 14.5 Å². The van der Waals surface area contributed by atoms with Gasteiger partial charge in [0.05, 0.1) is 23.3 Å². The Morgan fingerprint density at radius 1 is 1.07 bits per heavy atom. The van der Waals surface area contributed by atoms with Crippen molar-refractivity contribution in [2.45, 2.75) is 32.2 Å². The number of imide groups is 1. The number of esters is 1. The molecule has 2 aromatic rings. The number of hydrogen-bond acceptors (Lipinski definition) is 6. The number of anilines is 1.